The topological polar surface area (TPSA) is 76.9 Å². The normalized spacial score (nSPS) is 12.4. The molecule has 3 heterocycles. The van der Waals surface area contributed by atoms with Crippen molar-refractivity contribution in [2.45, 2.75) is 31.2 Å². The molecule has 0 radical (unpaired) electrons. The second-order valence-corrected chi connectivity index (χ2v) is 9.31. The molecule has 0 aliphatic rings. The number of amides is 1. The first-order valence-corrected chi connectivity index (χ1v) is 10.4. The van der Waals surface area contributed by atoms with Crippen molar-refractivity contribution in [3.63, 3.8) is 0 Å². The minimum atomic E-state index is -0.517. The molecule has 0 spiro atoms. The molecule has 1 amide bonds. The van der Waals surface area contributed by atoms with Gasteiger partial charge in [0.2, 0.25) is 5.91 Å². The monoisotopic (exact) mass is 442 g/mol. The lowest BCUT2D eigenvalue weighted by atomic mass is 10.2. The molecule has 3 aromatic rings. The van der Waals surface area contributed by atoms with Crippen molar-refractivity contribution < 1.29 is 4.79 Å². The number of hydrogen-bond donors (Lipinski definition) is 1. The number of aryl methyl sites for hydroxylation is 2. The van der Waals surface area contributed by atoms with Crippen molar-refractivity contribution in [1.29, 1.82) is 0 Å². The van der Waals surface area contributed by atoms with Crippen LogP contribution in [0.2, 0.25) is 10.0 Å². The number of aromatic nitrogens is 3. The number of pyridine rings is 1. The van der Waals surface area contributed by atoms with Crippen LogP contribution < -0.4 is 10.9 Å². The van der Waals surface area contributed by atoms with E-state index in [9.17, 15) is 9.59 Å². The SMILES string of the molecule is Cc1sc2nc(SC(C)C(=O)Nc3ncc(Cl)cc3Cl)n(C)c(=O)c2c1C. The summed E-state index contributed by atoms with van der Waals surface area (Å²) < 4.78 is 1.48. The van der Waals surface area contributed by atoms with E-state index in [1.54, 1.807) is 14.0 Å². The molecule has 0 saturated carbocycles. The number of thiophene rings is 1. The maximum Gasteiger partial charge on any atom is 0.262 e. The molecule has 1 unspecified atom stereocenters. The van der Waals surface area contributed by atoms with Gasteiger partial charge in [0.05, 0.1) is 20.7 Å². The average molecular weight is 443 g/mol. The van der Waals surface area contributed by atoms with Crippen LogP contribution in [0.15, 0.2) is 22.2 Å². The van der Waals surface area contributed by atoms with Gasteiger partial charge in [0.1, 0.15) is 4.83 Å². The highest BCUT2D eigenvalue weighted by Gasteiger charge is 2.21. The van der Waals surface area contributed by atoms with Gasteiger partial charge in [-0.3, -0.25) is 14.2 Å². The zero-order valence-corrected chi connectivity index (χ0v) is 18.1. The summed E-state index contributed by atoms with van der Waals surface area (Å²) in [5.41, 5.74) is 0.841. The number of hydrogen-bond acceptors (Lipinski definition) is 6. The molecule has 0 bridgehead atoms. The Labute approximate surface area is 173 Å². The maximum absolute atomic E-state index is 12.7. The zero-order chi connectivity index (χ0) is 19.9. The highest BCUT2D eigenvalue weighted by Crippen LogP contribution is 2.30. The second kappa shape index (κ2) is 7.79. The lowest BCUT2D eigenvalue weighted by molar-refractivity contribution is -0.115. The fourth-order valence-corrected chi connectivity index (χ4v) is 4.77. The summed E-state index contributed by atoms with van der Waals surface area (Å²) in [6, 6.07) is 1.50. The Morgan fingerprint density at radius 2 is 2.07 bits per heavy atom. The number of halogens is 2. The minimum absolute atomic E-state index is 0.112. The fourth-order valence-electron chi connectivity index (χ4n) is 2.40. The first kappa shape index (κ1) is 20.1. The number of carbonyl (C=O) groups excluding carboxylic acids is 1. The summed E-state index contributed by atoms with van der Waals surface area (Å²) in [5, 5.41) is 3.90. The third kappa shape index (κ3) is 3.99. The summed E-state index contributed by atoms with van der Waals surface area (Å²) in [5.74, 6) is -0.0649. The summed E-state index contributed by atoms with van der Waals surface area (Å²) in [7, 11) is 1.66. The number of thioether (sulfide) groups is 1. The van der Waals surface area contributed by atoms with E-state index in [0.29, 0.717) is 20.4 Å². The van der Waals surface area contributed by atoms with Crippen LogP contribution in [0, 0.1) is 13.8 Å². The van der Waals surface area contributed by atoms with E-state index < -0.39 is 5.25 Å². The standard InChI is InChI=1S/C17H16Cl2N4O2S2/c1-7-8(2)26-15-12(7)16(25)23(4)17(22-15)27-9(3)14(24)21-13-11(19)5-10(18)6-20-13/h5-6,9H,1-4H3,(H,20,21,24). The summed E-state index contributed by atoms with van der Waals surface area (Å²) >= 11 is 14.5. The Hall–Kier alpha value is -1.61. The Morgan fingerprint density at radius 3 is 2.74 bits per heavy atom. The molecule has 0 aliphatic carbocycles. The molecular formula is C17H16Cl2N4O2S2. The number of carbonyl (C=O) groups is 1. The van der Waals surface area contributed by atoms with Gasteiger partial charge in [-0.05, 0) is 32.4 Å². The molecule has 3 aromatic heterocycles. The van der Waals surface area contributed by atoms with Crippen molar-refractivity contribution in [1.82, 2.24) is 14.5 Å². The summed E-state index contributed by atoms with van der Waals surface area (Å²) in [4.78, 5) is 35.5. The quantitative estimate of drug-likeness (QED) is 0.477. The molecular weight excluding hydrogens is 427 g/mol. The van der Waals surface area contributed by atoms with Crippen molar-refractivity contribution in [2.24, 2.45) is 7.05 Å². The highest BCUT2D eigenvalue weighted by atomic mass is 35.5. The molecule has 10 heteroatoms. The fraction of sp³-hybridized carbons (Fsp3) is 0.294. The largest absolute Gasteiger partial charge is 0.308 e. The summed E-state index contributed by atoms with van der Waals surface area (Å²) in [6.45, 7) is 5.61. The zero-order valence-electron chi connectivity index (χ0n) is 15.0. The molecule has 3 rings (SSSR count). The third-order valence-corrected chi connectivity index (χ3v) is 6.81. The van der Waals surface area contributed by atoms with Gasteiger partial charge in [0, 0.05) is 18.1 Å². The van der Waals surface area contributed by atoms with E-state index >= 15 is 0 Å². The van der Waals surface area contributed by atoms with Gasteiger partial charge in [-0.1, -0.05) is 35.0 Å². The van der Waals surface area contributed by atoms with Gasteiger partial charge >= 0.3 is 0 Å². The van der Waals surface area contributed by atoms with Gasteiger partial charge in [0.25, 0.3) is 5.56 Å². The molecule has 6 nitrogen and oxygen atoms in total. The lowest BCUT2D eigenvalue weighted by Crippen LogP contribution is -2.26. The van der Waals surface area contributed by atoms with Crippen LogP contribution in [0.5, 0.6) is 0 Å². The van der Waals surface area contributed by atoms with Gasteiger partial charge in [-0.15, -0.1) is 11.3 Å². The van der Waals surface area contributed by atoms with E-state index in [0.717, 1.165) is 10.4 Å². The molecule has 0 aromatic carbocycles. The third-order valence-electron chi connectivity index (χ3n) is 4.07. The van der Waals surface area contributed by atoms with Gasteiger partial charge in [-0.25, -0.2) is 9.97 Å². The lowest BCUT2D eigenvalue weighted by Gasteiger charge is -2.13. The number of nitrogens with one attached hydrogen (secondary N) is 1. The Kier molecular flexibility index (Phi) is 5.81. The predicted molar refractivity (Wildman–Crippen MR) is 113 cm³/mol. The van der Waals surface area contributed by atoms with Crippen LogP contribution >= 0.6 is 46.3 Å². The van der Waals surface area contributed by atoms with Crippen LogP contribution in [-0.4, -0.2) is 25.7 Å². The van der Waals surface area contributed by atoms with Crippen molar-refractivity contribution in [3.05, 3.63) is 43.1 Å². The van der Waals surface area contributed by atoms with E-state index in [2.05, 4.69) is 15.3 Å². The highest BCUT2D eigenvalue weighted by molar-refractivity contribution is 8.00. The maximum atomic E-state index is 12.7. The minimum Gasteiger partial charge on any atom is -0.308 e. The Balaban J connectivity index is 1.85. The van der Waals surface area contributed by atoms with Crippen LogP contribution in [0.1, 0.15) is 17.4 Å². The molecule has 0 saturated heterocycles. The van der Waals surface area contributed by atoms with Crippen LogP contribution in [0.4, 0.5) is 5.82 Å². The van der Waals surface area contributed by atoms with Crippen molar-refractivity contribution in [3.8, 4) is 0 Å². The molecule has 0 fully saturated rings. The number of anilines is 1. The number of rotatable bonds is 4. The molecule has 0 aliphatic heterocycles. The molecule has 1 N–H and O–H groups in total. The van der Waals surface area contributed by atoms with E-state index in [4.69, 9.17) is 23.2 Å². The average Bonchev–Trinajstić information content (AvgIpc) is 2.89. The summed E-state index contributed by atoms with van der Waals surface area (Å²) in [6.07, 6.45) is 1.40. The molecule has 1 atom stereocenters. The Morgan fingerprint density at radius 1 is 1.37 bits per heavy atom. The van der Waals surface area contributed by atoms with E-state index in [-0.39, 0.29) is 22.3 Å². The van der Waals surface area contributed by atoms with Gasteiger partial charge < -0.3 is 5.32 Å². The number of fused-ring (bicyclic) bond motifs is 1. The van der Waals surface area contributed by atoms with E-state index in [1.165, 1.54) is 39.9 Å². The van der Waals surface area contributed by atoms with Gasteiger partial charge in [0.15, 0.2) is 11.0 Å². The van der Waals surface area contributed by atoms with Crippen molar-refractivity contribution in [2.75, 3.05) is 5.32 Å². The second-order valence-electron chi connectivity index (χ2n) is 5.96. The van der Waals surface area contributed by atoms with Crippen LogP contribution in [-0.2, 0) is 11.8 Å². The smallest absolute Gasteiger partial charge is 0.262 e. The number of nitrogens with zero attached hydrogens (tertiary/aromatic N) is 3. The van der Waals surface area contributed by atoms with Crippen LogP contribution in [0.3, 0.4) is 0 Å². The predicted octanol–water partition coefficient (Wildman–Crippen LogP) is 4.43. The first-order chi connectivity index (χ1) is 12.7. The van der Waals surface area contributed by atoms with E-state index in [1.807, 2.05) is 13.8 Å². The first-order valence-electron chi connectivity index (χ1n) is 7.94. The Bertz CT molecular complexity index is 1110. The molecule has 142 valence electrons. The van der Waals surface area contributed by atoms with Gasteiger partial charge in [-0.2, -0.15) is 0 Å². The van der Waals surface area contributed by atoms with Crippen LogP contribution in [0.25, 0.3) is 10.2 Å². The van der Waals surface area contributed by atoms with Crippen molar-refractivity contribution >= 4 is 68.2 Å². The molecule has 27 heavy (non-hydrogen) atoms.